The molecular formula is C12H18N2O. The highest BCUT2D eigenvalue weighted by Crippen LogP contribution is 2.40. The van der Waals surface area contributed by atoms with E-state index in [0.29, 0.717) is 0 Å². The van der Waals surface area contributed by atoms with Crippen LogP contribution in [0.1, 0.15) is 37.3 Å². The molecule has 0 bridgehead atoms. The third kappa shape index (κ3) is 1.90. The smallest absolute Gasteiger partial charge is 0.0870 e. The molecule has 0 amide bonds. The van der Waals surface area contributed by atoms with E-state index in [1.165, 1.54) is 12.8 Å². The fraction of sp³-hybridized carbons (Fsp3) is 0.583. The van der Waals surface area contributed by atoms with Gasteiger partial charge in [0, 0.05) is 19.5 Å². The second-order valence-corrected chi connectivity index (χ2v) is 4.24. The molecule has 1 aromatic heterocycles. The van der Waals surface area contributed by atoms with Crippen molar-refractivity contribution in [1.82, 2.24) is 4.98 Å². The highest BCUT2D eigenvalue weighted by Gasteiger charge is 2.40. The van der Waals surface area contributed by atoms with Gasteiger partial charge in [-0.1, -0.05) is 18.9 Å². The molecule has 0 saturated heterocycles. The van der Waals surface area contributed by atoms with Crippen molar-refractivity contribution >= 4 is 0 Å². The molecule has 1 saturated carbocycles. The number of pyridine rings is 1. The Morgan fingerprint density at radius 1 is 1.47 bits per heavy atom. The van der Waals surface area contributed by atoms with Crippen LogP contribution in [0.4, 0.5) is 0 Å². The Balaban J connectivity index is 2.22. The lowest BCUT2D eigenvalue weighted by Gasteiger charge is -2.33. The van der Waals surface area contributed by atoms with Crippen LogP contribution in [0.3, 0.4) is 0 Å². The van der Waals surface area contributed by atoms with Gasteiger partial charge in [0.1, 0.15) is 0 Å². The van der Waals surface area contributed by atoms with E-state index in [9.17, 15) is 0 Å². The molecule has 82 valence electrons. The maximum absolute atomic E-state index is 6.28. The summed E-state index contributed by atoms with van der Waals surface area (Å²) in [6, 6.07) is 3.89. The van der Waals surface area contributed by atoms with Crippen molar-refractivity contribution in [3.05, 3.63) is 30.1 Å². The van der Waals surface area contributed by atoms with Gasteiger partial charge in [-0.15, -0.1) is 0 Å². The Bertz CT molecular complexity index is 307. The van der Waals surface area contributed by atoms with Crippen LogP contribution in [0.15, 0.2) is 24.5 Å². The number of hydrogen-bond donors (Lipinski definition) is 1. The van der Waals surface area contributed by atoms with E-state index in [4.69, 9.17) is 10.5 Å². The molecule has 0 radical (unpaired) electrons. The molecule has 3 nitrogen and oxygen atoms in total. The second-order valence-electron chi connectivity index (χ2n) is 4.24. The highest BCUT2D eigenvalue weighted by molar-refractivity contribution is 5.18. The molecule has 1 unspecified atom stereocenters. The Morgan fingerprint density at radius 3 is 2.73 bits per heavy atom. The van der Waals surface area contributed by atoms with Gasteiger partial charge in [0.05, 0.1) is 11.6 Å². The molecule has 3 heteroatoms. The highest BCUT2D eigenvalue weighted by atomic mass is 16.5. The predicted octanol–water partition coefficient (Wildman–Crippen LogP) is 2.04. The number of hydrogen-bond acceptors (Lipinski definition) is 3. The van der Waals surface area contributed by atoms with E-state index in [1.54, 1.807) is 13.3 Å². The lowest BCUT2D eigenvalue weighted by atomic mass is 9.88. The first-order chi connectivity index (χ1) is 7.28. The largest absolute Gasteiger partial charge is 0.376 e. The van der Waals surface area contributed by atoms with Crippen LogP contribution >= 0.6 is 0 Å². The van der Waals surface area contributed by atoms with Gasteiger partial charge in [-0.25, -0.2) is 0 Å². The van der Waals surface area contributed by atoms with Gasteiger partial charge in [-0.2, -0.15) is 0 Å². The first-order valence-electron chi connectivity index (χ1n) is 5.49. The van der Waals surface area contributed by atoms with Gasteiger partial charge < -0.3 is 10.5 Å². The SMILES string of the molecule is COC1(C(N)c2cccnc2)CCCC1. The van der Waals surface area contributed by atoms with Crippen molar-refractivity contribution in [3.63, 3.8) is 0 Å². The lowest BCUT2D eigenvalue weighted by molar-refractivity contribution is -0.0264. The minimum Gasteiger partial charge on any atom is -0.376 e. The van der Waals surface area contributed by atoms with Gasteiger partial charge >= 0.3 is 0 Å². The maximum atomic E-state index is 6.28. The third-order valence-electron chi connectivity index (χ3n) is 3.47. The minimum atomic E-state index is -0.164. The molecule has 15 heavy (non-hydrogen) atoms. The quantitative estimate of drug-likeness (QED) is 0.823. The molecule has 1 atom stereocenters. The number of ether oxygens (including phenoxy) is 1. The standard InChI is InChI=1S/C12H18N2O/c1-15-12(6-2-3-7-12)11(13)10-5-4-8-14-9-10/h4-5,8-9,11H,2-3,6-7,13H2,1H3. The van der Waals surface area contributed by atoms with Crippen LogP contribution in [0, 0.1) is 0 Å². The summed E-state index contributed by atoms with van der Waals surface area (Å²) in [6.07, 6.45) is 8.14. The van der Waals surface area contributed by atoms with Crippen LogP contribution < -0.4 is 5.73 Å². The topological polar surface area (TPSA) is 48.1 Å². The molecule has 1 heterocycles. The Kier molecular flexibility index (Phi) is 3.03. The fourth-order valence-corrected chi connectivity index (χ4v) is 2.48. The molecule has 1 fully saturated rings. The average Bonchev–Trinajstić information content (AvgIpc) is 2.79. The first kappa shape index (κ1) is 10.6. The zero-order chi connectivity index (χ0) is 10.7. The molecule has 0 spiro atoms. The Labute approximate surface area is 90.7 Å². The normalized spacial score (nSPS) is 21.5. The molecule has 0 aliphatic heterocycles. The molecule has 1 aliphatic carbocycles. The van der Waals surface area contributed by atoms with Crippen LogP contribution in [0.5, 0.6) is 0 Å². The van der Waals surface area contributed by atoms with E-state index in [1.807, 2.05) is 18.3 Å². The van der Waals surface area contributed by atoms with Crippen LogP contribution in [0.25, 0.3) is 0 Å². The van der Waals surface area contributed by atoms with Gasteiger partial charge in [0.25, 0.3) is 0 Å². The Morgan fingerprint density at radius 2 is 2.20 bits per heavy atom. The Hall–Kier alpha value is -0.930. The zero-order valence-electron chi connectivity index (χ0n) is 9.15. The third-order valence-corrected chi connectivity index (χ3v) is 3.47. The zero-order valence-corrected chi connectivity index (χ0v) is 9.15. The summed E-state index contributed by atoms with van der Waals surface area (Å²) in [5, 5.41) is 0. The summed E-state index contributed by atoms with van der Waals surface area (Å²) in [5.41, 5.74) is 7.19. The van der Waals surface area contributed by atoms with Gasteiger partial charge in [-0.05, 0) is 24.5 Å². The summed E-state index contributed by atoms with van der Waals surface area (Å²) >= 11 is 0. The van der Waals surface area contributed by atoms with Gasteiger partial charge in [0.15, 0.2) is 0 Å². The molecular weight excluding hydrogens is 188 g/mol. The first-order valence-corrected chi connectivity index (χ1v) is 5.49. The number of nitrogens with two attached hydrogens (primary N) is 1. The number of aromatic nitrogens is 1. The number of rotatable bonds is 3. The maximum Gasteiger partial charge on any atom is 0.0870 e. The van der Waals surface area contributed by atoms with Crippen LogP contribution in [-0.4, -0.2) is 17.7 Å². The summed E-state index contributed by atoms with van der Waals surface area (Å²) in [7, 11) is 1.77. The van der Waals surface area contributed by atoms with E-state index < -0.39 is 0 Å². The minimum absolute atomic E-state index is 0.0568. The lowest BCUT2D eigenvalue weighted by Crippen LogP contribution is -2.40. The van der Waals surface area contributed by atoms with E-state index in [-0.39, 0.29) is 11.6 Å². The van der Waals surface area contributed by atoms with Crippen LogP contribution in [0.2, 0.25) is 0 Å². The van der Waals surface area contributed by atoms with E-state index in [0.717, 1.165) is 18.4 Å². The van der Waals surface area contributed by atoms with E-state index >= 15 is 0 Å². The average molecular weight is 206 g/mol. The summed E-state index contributed by atoms with van der Waals surface area (Å²) in [5.74, 6) is 0. The molecule has 0 aromatic carbocycles. The van der Waals surface area contributed by atoms with Crippen molar-refractivity contribution < 1.29 is 4.74 Å². The summed E-state index contributed by atoms with van der Waals surface area (Å²) < 4.78 is 5.66. The molecule has 2 rings (SSSR count). The van der Waals surface area contributed by atoms with Crippen molar-refractivity contribution in [2.24, 2.45) is 5.73 Å². The fourth-order valence-electron chi connectivity index (χ4n) is 2.48. The number of nitrogens with zero attached hydrogens (tertiary/aromatic N) is 1. The monoisotopic (exact) mass is 206 g/mol. The van der Waals surface area contributed by atoms with E-state index in [2.05, 4.69) is 4.98 Å². The predicted molar refractivity (Wildman–Crippen MR) is 59.4 cm³/mol. The van der Waals surface area contributed by atoms with Crippen LogP contribution in [-0.2, 0) is 4.74 Å². The molecule has 1 aromatic rings. The van der Waals surface area contributed by atoms with Gasteiger partial charge in [0.2, 0.25) is 0 Å². The van der Waals surface area contributed by atoms with Crippen molar-refractivity contribution in [3.8, 4) is 0 Å². The molecule has 2 N–H and O–H groups in total. The van der Waals surface area contributed by atoms with Crippen molar-refractivity contribution in [2.75, 3.05) is 7.11 Å². The molecule has 1 aliphatic rings. The van der Waals surface area contributed by atoms with Crippen molar-refractivity contribution in [2.45, 2.75) is 37.3 Å². The number of methoxy groups -OCH3 is 1. The van der Waals surface area contributed by atoms with Crippen molar-refractivity contribution in [1.29, 1.82) is 0 Å². The van der Waals surface area contributed by atoms with Gasteiger partial charge in [-0.3, -0.25) is 4.98 Å². The summed E-state index contributed by atoms with van der Waals surface area (Å²) in [6.45, 7) is 0. The summed E-state index contributed by atoms with van der Waals surface area (Å²) in [4.78, 5) is 4.11. The second kappa shape index (κ2) is 4.29.